The van der Waals surface area contributed by atoms with Gasteiger partial charge < -0.3 is 36.0 Å². The van der Waals surface area contributed by atoms with E-state index in [1.165, 1.54) is 4.90 Å². The number of carboxylic acids is 1. The highest BCUT2D eigenvalue weighted by Crippen LogP contribution is 2.38. The van der Waals surface area contributed by atoms with Crippen molar-refractivity contribution >= 4 is 23.6 Å². The number of amides is 2. The summed E-state index contributed by atoms with van der Waals surface area (Å²) in [5, 5.41) is 24.3. The van der Waals surface area contributed by atoms with Crippen LogP contribution in [0.5, 0.6) is 5.75 Å². The first kappa shape index (κ1) is 27.4. The number of carbonyl (C=O) groups is 3. The molecule has 3 unspecified atom stereocenters. The van der Waals surface area contributed by atoms with E-state index in [4.69, 9.17) is 15.9 Å². The molecular formula is C25H38N6O5. The summed E-state index contributed by atoms with van der Waals surface area (Å²) in [6.07, 6.45) is 1.52. The zero-order chi connectivity index (χ0) is 26.3. The summed E-state index contributed by atoms with van der Waals surface area (Å²) < 4.78 is 6.48. The Bertz CT molecular complexity index is 955. The van der Waals surface area contributed by atoms with Gasteiger partial charge in [-0.15, -0.1) is 0 Å². The first-order chi connectivity index (χ1) is 17.3. The molecule has 0 aromatic heterocycles. The largest absolute Gasteiger partial charge is 0.488 e. The maximum Gasteiger partial charge on any atom is 0.329 e. The zero-order valence-electron chi connectivity index (χ0n) is 21.1. The van der Waals surface area contributed by atoms with Crippen LogP contribution in [0.3, 0.4) is 0 Å². The van der Waals surface area contributed by atoms with E-state index in [0.29, 0.717) is 50.2 Å². The number of amidine groups is 1. The molecule has 1 aromatic rings. The highest BCUT2D eigenvalue weighted by Gasteiger charge is 2.58. The molecule has 11 heteroatoms. The summed E-state index contributed by atoms with van der Waals surface area (Å²) in [5.41, 5.74) is 4.83. The maximum atomic E-state index is 13.3. The minimum Gasteiger partial charge on any atom is -0.488 e. The molecule has 1 aromatic carbocycles. The molecule has 3 rings (SSSR count). The highest BCUT2D eigenvalue weighted by molar-refractivity contribution is 5.95. The van der Waals surface area contributed by atoms with Gasteiger partial charge in [0.25, 0.3) is 0 Å². The number of carbonyl (C=O) groups excluding carboxylic acids is 2. The maximum absolute atomic E-state index is 13.3. The number of nitrogen functional groups attached to an aromatic ring is 1. The molecule has 11 nitrogen and oxygen atoms in total. The fourth-order valence-corrected chi connectivity index (χ4v) is 5.36. The SMILES string of the molecule is CCCCC(C(CC)Oc1ccc(C(=N)N)cc1)(C(C(=O)O)N1CCNCC1=O)N1CCNCC1=O. The lowest BCUT2D eigenvalue weighted by Gasteiger charge is -2.55. The number of carboxylic acid groups (broad SMARTS) is 1. The predicted octanol–water partition coefficient (Wildman–Crippen LogP) is 0.374. The van der Waals surface area contributed by atoms with Gasteiger partial charge in [0.1, 0.15) is 23.2 Å². The quantitative estimate of drug-likeness (QED) is 0.202. The summed E-state index contributed by atoms with van der Waals surface area (Å²) in [7, 11) is 0. The Morgan fingerprint density at radius 1 is 1.14 bits per heavy atom. The second-order valence-electron chi connectivity index (χ2n) is 9.27. The zero-order valence-corrected chi connectivity index (χ0v) is 21.1. The predicted molar refractivity (Wildman–Crippen MR) is 135 cm³/mol. The topological polar surface area (TPSA) is 161 Å². The van der Waals surface area contributed by atoms with Crippen LogP contribution >= 0.6 is 0 Å². The van der Waals surface area contributed by atoms with Crippen LogP contribution < -0.4 is 21.1 Å². The number of hydrogen-bond donors (Lipinski definition) is 5. The van der Waals surface area contributed by atoms with Crippen LogP contribution in [0, 0.1) is 5.41 Å². The van der Waals surface area contributed by atoms with E-state index in [1.54, 1.807) is 29.2 Å². The molecule has 3 atom stereocenters. The first-order valence-electron chi connectivity index (χ1n) is 12.6. The first-order valence-corrected chi connectivity index (χ1v) is 12.6. The summed E-state index contributed by atoms with van der Waals surface area (Å²) in [5.74, 6) is -1.26. The number of piperazine rings is 2. The smallest absolute Gasteiger partial charge is 0.329 e. The molecule has 0 aliphatic carbocycles. The van der Waals surface area contributed by atoms with E-state index >= 15 is 0 Å². The van der Waals surface area contributed by atoms with Crippen LogP contribution in [0.1, 0.15) is 45.1 Å². The third-order valence-corrected chi connectivity index (χ3v) is 7.04. The fourth-order valence-electron chi connectivity index (χ4n) is 5.36. The molecule has 36 heavy (non-hydrogen) atoms. The van der Waals surface area contributed by atoms with Crippen molar-refractivity contribution in [1.82, 2.24) is 20.4 Å². The van der Waals surface area contributed by atoms with E-state index in [0.717, 1.165) is 6.42 Å². The molecule has 6 N–H and O–H groups in total. The lowest BCUT2D eigenvalue weighted by molar-refractivity contribution is -0.172. The Morgan fingerprint density at radius 2 is 1.78 bits per heavy atom. The molecule has 2 aliphatic rings. The van der Waals surface area contributed by atoms with Gasteiger partial charge in [0.05, 0.1) is 13.1 Å². The molecule has 2 aliphatic heterocycles. The average molecular weight is 503 g/mol. The third kappa shape index (κ3) is 5.62. The Kier molecular flexibility index (Phi) is 9.27. The number of hydrogen-bond acceptors (Lipinski definition) is 7. The standard InChI is InChI=1S/C25H38N6O5/c1-3-5-10-25(31-14-12-29-16-21(31)33,22(24(34)35)30-13-11-28-15-20(30)32)19(4-2)36-18-8-6-17(7-9-18)23(26)27/h6-9,19,22,28-29H,3-5,10-16H2,1-2H3,(H3,26,27)(H,34,35). The molecule has 2 saturated heterocycles. The van der Waals surface area contributed by atoms with Gasteiger partial charge in [-0.1, -0.05) is 26.7 Å². The van der Waals surface area contributed by atoms with E-state index in [2.05, 4.69) is 10.6 Å². The van der Waals surface area contributed by atoms with Crippen molar-refractivity contribution in [2.45, 2.75) is 57.2 Å². The number of unbranched alkanes of at least 4 members (excludes halogenated alkanes) is 1. The molecule has 0 radical (unpaired) electrons. The van der Waals surface area contributed by atoms with Gasteiger partial charge in [0.15, 0.2) is 6.04 Å². The molecule has 0 spiro atoms. The van der Waals surface area contributed by atoms with Crippen LogP contribution in [0.4, 0.5) is 0 Å². The molecule has 2 fully saturated rings. The van der Waals surface area contributed by atoms with Crippen molar-refractivity contribution in [2.24, 2.45) is 5.73 Å². The minimum atomic E-state index is -1.29. The summed E-state index contributed by atoms with van der Waals surface area (Å²) in [4.78, 5) is 42.5. The van der Waals surface area contributed by atoms with Gasteiger partial charge in [-0.3, -0.25) is 15.0 Å². The number of aliphatic carboxylic acids is 1. The number of nitrogens with two attached hydrogens (primary N) is 1. The van der Waals surface area contributed by atoms with Crippen molar-refractivity contribution in [3.8, 4) is 5.75 Å². The van der Waals surface area contributed by atoms with Crippen LogP contribution in [0.2, 0.25) is 0 Å². The number of ether oxygens (including phenoxy) is 1. The van der Waals surface area contributed by atoms with E-state index in [9.17, 15) is 19.5 Å². The van der Waals surface area contributed by atoms with Crippen LogP contribution in [0.25, 0.3) is 0 Å². The van der Waals surface area contributed by atoms with Gasteiger partial charge in [0, 0.05) is 31.7 Å². The highest BCUT2D eigenvalue weighted by atomic mass is 16.5. The van der Waals surface area contributed by atoms with Gasteiger partial charge >= 0.3 is 5.97 Å². The van der Waals surface area contributed by atoms with Crippen LogP contribution in [0.15, 0.2) is 24.3 Å². The van der Waals surface area contributed by atoms with Gasteiger partial charge in [-0.25, -0.2) is 4.79 Å². The number of nitrogens with zero attached hydrogens (tertiary/aromatic N) is 2. The monoisotopic (exact) mass is 502 g/mol. The van der Waals surface area contributed by atoms with E-state index in [-0.39, 0.29) is 37.3 Å². The van der Waals surface area contributed by atoms with E-state index in [1.807, 2.05) is 13.8 Å². The van der Waals surface area contributed by atoms with Crippen molar-refractivity contribution in [3.63, 3.8) is 0 Å². The number of nitrogens with one attached hydrogen (secondary N) is 3. The molecule has 2 heterocycles. The third-order valence-electron chi connectivity index (χ3n) is 7.04. The van der Waals surface area contributed by atoms with Crippen molar-refractivity contribution in [2.75, 3.05) is 39.3 Å². The summed E-state index contributed by atoms with van der Waals surface area (Å²) in [6.45, 7) is 5.60. The Hall–Kier alpha value is -3.18. The van der Waals surface area contributed by atoms with Crippen LogP contribution in [-0.2, 0) is 14.4 Å². The molecule has 198 valence electrons. The number of rotatable bonds is 12. The van der Waals surface area contributed by atoms with Gasteiger partial charge in [0.2, 0.25) is 11.8 Å². The number of benzene rings is 1. The Morgan fingerprint density at radius 3 is 2.31 bits per heavy atom. The van der Waals surface area contributed by atoms with Gasteiger partial charge in [-0.05, 0) is 37.1 Å². The molecular weight excluding hydrogens is 464 g/mol. The summed E-state index contributed by atoms with van der Waals surface area (Å²) >= 11 is 0. The molecule has 0 saturated carbocycles. The molecule has 0 bridgehead atoms. The summed E-state index contributed by atoms with van der Waals surface area (Å²) in [6, 6.07) is 5.44. The van der Waals surface area contributed by atoms with Gasteiger partial charge in [-0.2, -0.15) is 0 Å². The lowest BCUT2D eigenvalue weighted by Crippen LogP contribution is -2.76. The molecule has 2 amide bonds. The Balaban J connectivity index is 2.16. The normalized spacial score (nSPS) is 19.9. The van der Waals surface area contributed by atoms with Crippen molar-refractivity contribution in [3.05, 3.63) is 29.8 Å². The van der Waals surface area contributed by atoms with Crippen LogP contribution in [-0.4, -0.2) is 95.5 Å². The second-order valence-corrected chi connectivity index (χ2v) is 9.27. The van der Waals surface area contributed by atoms with E-state index < -0.39 is 23.7 Å². The minimum absolute atomic E-state index is 0.0489. The van der Waals surface area contributed by atoms with Crippen molar-refractivity contribution < 1.29 is 24.2 Å². The second kappa shape index (κ2) is 12.2. The Labute approximate surface area is 211 Å². The lowest BCUT2D eigenvalue weighted by atomic mass is 9.75. The fraction of sp³-hybridized carbons (Fsp3) is 0.600. The average Bonchev–Trinajstić information content (AvgIpc) is 2.86. The van der Waals surface area contributed by atoms with Crippen molar-refractivity contribution in [1.29, 1.82) is 5.41 Å².